The first-order valence-electron chi connectivity index (χ1n) is 14.7. The smallest absolute Gasteiger partial charge is 0.192 e. The van der Waals surface area contributed by atoms with Crippen molar-refractivity contribution in [1.29, 1.82) is 0 Å². The van der Waals surface area contributed by atoms with E-state index in [1.807, 2.05) is 6.07 Å². The molecule has 250 valence electrons. The molecule has 0 heterocycles. The Labute approximate surface area is 271 Å². The van der Waals surface area contributed by atoms with Crippen LogP contribution in [0.15, 0.2) is 36.4 Å². The lowest BCUT2D eigenvalue weighted by molar-refractivity contribution is 0.275. The molecular weight excluding hydrogens is 614 g/mol. The first kappa shape index (κ1) is 44.1. The van der Waals surface area contributed by atoms with E-state index in [0.29, 0.717) is 23.8 Å². The minimum Gasteiger partial charge on any atom is -0.505 e. The summed E-state index contributed by atoms with van der Waals surface area (Å²) in [5, 5.41) is 9.97. The summed E-state index contributed by atoms with van der Waals surface area (Å²) in [4.78, 5) is 0. The monoisotopic (exact) mass is 676 g/mol. The van der Waals surface area contributed by atoms with Crippen LogP contribution in [0.3, 0.4) is 0 Å². The fourth-order valence-corrected chi connectivity index (χ4v) is 4.33. The molecule has 0 aliphatic carbocycles. The Bertz CT molecular complexity index is 1040. The molecule has 0 fully saturated rings. The van der Waals surface area contributed by atoms with Gasteiger partial charge in [-0.1, -0.05) is 101 Å². The number of phenolic OH excluding ortho intramolecular Hbond substituents is 1. The van der Waals surface area contributed by atoms with Crippen LogP contribution in [0.4, 0.5) is 8.78 Å². The molecule has 43 heavy (non-hydrogen) atoms. The van der Waals surface area contributed by atoms with Gasteiger partial charge < -0.3 is 14.0 Å². The first-order chi connectivity index (χ1) is 18.5. The van der Waals surface area contributed by atoms with Gasteiger partial charge in [0.05, 0.1) is 13.2 Å². The molecule has 9 heteroatoms. The molecule has 0 spiro atoms. The second-order valence-electron chi connectivity index (χ2n) is 15.7. The highest BCUT2D eigenvalue weighted by molar-refractivity contribution is 7.20. The lowest BCUT2D eigenvalue weighted by atomic mass is 10.1. The summed E-state index contributed by atoms with van der Waals surface area (Å²) in [5.41, 5.74) is 2.53. The molecular formula is C34H63ClF2O3Si3. The van der Waals surface area contributed by atoms with Crippen LogP contribution in [0, 0.1) is 18.6 Å². The third-order valence-corrected chi connectivity index (χ3v) is 23.1. The van der Waals surface area contributed by atoms with Crippen LogP contribution in [0.1, 0.15) is 86.4 Å². The number of rotatable bonds is 6. The fourth-order valence-electron chi connectivity index (χ4n) is 2.41. The number of hydrogen-bond donors (Lipinski definition) is 1. The molecule has 0 amide bonds. The molecule has 2 aromatic rings. The largest absolute Gasteiger partial charge is 0.505 e. The summed E-state index contributed by atoms with van der Waals surface area (Å²) in [6.45, 7) is 35.7. The average Bonchev–Trinajstić information content (AvgIpc) is 2.79. The molecule has 2 rings (SSSR count). The Hall–Kier alpha value is -1.04. The van der Waals surface area contributed by atoms with Crippen LogP contribution in [-0.2, 0) is 22.1 Å². The Morgan fingerprint density at radius 2 is 0.977 bits per heavy atom. The summed E-state index contributed by atoms with van der Waals surface area (Å²) >= 11 is 6.15. The summed E-state index contributed by atoms with van der Waals surface area (Å²) in [7, 11) is -4.89. The zero-order valence-corrected chi connectivity index (χ0v) is 33.0. The third kappa shape index (κ3) is 15.2. The molecule has 0 radical (unpaired) electrons. The van der Waals surface area contributed by atoms with Gasteiger partial charge in [-0.15, -0.1) is 0 Å². The quantitative estimate of drug-likeness (QED) is 0.244. The van der Waals surface area contributed by atoms with Crippen LogP contribution < -0.4 is 0 Å². The van der Waals surface area contributed by atoms with Crippen molar-refractivity contribution in [2.24, 2.45) is 0 Å². The van der Waals surface area contributed by atoms with Crippen molar-refractivity contribution in [3.8, 4) is 5.75 Å². The van der Waals surface area contributed by atoms with Gasteiger partial charge in [0.2, 0.25) is 0 Å². The second kappa shape index (κ2) is 16.5. The van der Waals surface area contributed by atoms with E-state index in [1.54, 1.807) is 19.1 Å². The Morgan fingerprint density at radius 3 is 1.26 bits per heavy atom. The second-order valence-corrected chi connectivity index (χ2v) is 32.6. The van der Waals surface area contributed by atoms with Gasteiger partial charge in [0.15, 0.2) is 35.6 Å². The van der Waals surface area contributed by atoms with Gasteiger partial charge in [-0.2, -0.15) is 11.1 Å². The molecule has 0 unspecified atom stereocenters. The highest BCUT2D eigenvalue weighted by Gasteiger charge is 2.38. The van der Waals surface area contributed by atoms with E-state index in [1.165, 1.54) is 18.2 Å². The van der Waals surface area contributed by atoms with Crippen molar-refractivity contribution in [3.63, 3.8) is 0 Å². The molecule has 1 N–H and O–H groups in total. The lowest BCUT2D eigenvalue weighted by Crippen LogP contribution is -2.40. The summed E-state index contributed by atoms with van der Waals surface area (Å²) < 4.78 is 38.1. The molecule has 0 atom stereocenters. The van der Waals surface area contributed by atoms with Crippen molar-refractivity contribution in [3.05, 3.63) is 64.7 Å². The van der Waals surface area contributed by atoms with Gasteiger partial charge in [0, 0.05) is 0 Å². The van der Waals surface area contributed by atoms with Gasteiger partial charge >= 0.3 is 0 Å². The number of halogens is 3. The zero-order chi connectivity index (χ0) is 33.5. The minimum absolute atomic E-state index is 0. The maximum Gasteiger partial charge on any atom is 0.192 e. The predicted octanol–water partition coefficient (Wildman–Crippen LogP) is 12.6. The predicted molar refractivity (Wildman–Crippen MR) is 193 cm³/mol. The molecule has 3 nitrogen and oxygen atoms in total. The lowest BCUT2D eigenvalue weighted by Gasteiger charge is -2.36. The number of aromatic hydroxyl groups is 1. The van der Waals surface area contributed by atoms with E-state index in [9.17, 15) is 13.9 Å². The molecule has 0 aliphatic heterocycles. The molecule has 0 aromatic heterocycles. The fraction of sp³-hybridized carbons (Fsp3) is 0.647. The van der Waals surface area contributed by atoms with Crippen molar-refractivity contribution < 1.29 is 22.7 Å². The van der Waals surface area contributed by atoms with Gasteiger partial charge in [-0.05, 0) is 83.1 Å². The zero-order valence-electron chi connectivity index (χ0n) is 29.3. The van der Waals surface area contributed by atoms with Gasteiger partial charge in [-0.3, -0.25) is 0 Å². The molecule has 0 saturated carbocycles. The van der Waals surface area contributed by atoms with Gasteiger partial charge in [0.1, 0.15) is 5.82 Å². The standard InChI is InChI=1S/C14H23FOSi.C13H21FO2Si.C6H15ClSi.CH4/c1-11-9-12(7-8-13(11)15)10-16-17(5,6)14(2,3)4;1-13(2,3)17(4,5)16-9-10-6-7-11(14)12(15)8-10;1-6(2,3)8(4,5)7;/h7-9H,10H2,1-6H3;6-8,15H,9H2,1-5H3;1-5H3;1H4. The Morgan fingerprint density at radius 1 is 0.651 bits per heavy atom. The molecule has 0 saturated heterocycles. The van der Waals surface area contributed by atoms with E-state index in [4.69, 9.17) is 19.9 Å². The topological polar surface area (TPSA) is 38.7 Å². The highest BCUT2D eigenvalue weighted by Crippen LogP contribution is 2.39. The van der Waals surface area contributed by atoms with Crippen molar-refractivity contribution in [2.75, 3.05) is 0 Å². The average molecular weight is 678 g/mol. The summed E-state index contributed by atoms with van der Waals surface area (Å²) in [5.74, 6) is -1.07. The van der Waals surface area contributed by atoms with Crippen LogP contribution >= 0.6 is 11.1 Å². The van der Waals surface area contributed by atoms with Crippen molar-refractivity contribution >= 4 is 35.1 Å². The number of hydrogen-bond acceptors (Lipinski definition) is 3. The van der Waals surface area contributed by atoms with Crippen LogP contribution in [0.5, 0.6) is 5.75 Å². The van der Waals surface area contributed by atoms with Crippen LogP contribution in [-0.4, -0.2) is 29.1 Å². The van der Waals surface area contributed by atoms with Gasteiger partial charge in [0.25, 0.3) is 0 Å². The number of phenols is 1. The van der Waals surface area contributed by atoms with E-state index >= 15 is 0 Å². The third-order valence-electron chi connectivity index (χ3n) is 8.83. The SMILES string of the molecule is C.CC(C)(C)[Si](C)(C)Cl.CC(C)(C)[Si](C)(C)OCc1ccc(F)c(O)c1.Cc1cc(CO[Si](C)(C)C(C)(C)C)ccc1F. The molecule has 0 bridgehead atoms. The minimum atomic E-state index is -1.79. The Balaban J connectivity index is 0. The summed E-state index contributed by atoms with van der Waals surface area (Å²) in [6, 6.07) is 9.50. The van der Waals surface area contributed by atoms with Crippen LogP contribution in [0.25, 0.3) is 0 Å². The maximum atomic E-state index is 13.1. The first-order valence-corrected chi connectivity index (χ1v) is 24.5. The van der Waals surface area contributed by atoms with Gasteiger partial charge in [-0.25, -0.2) is 8.78 Å². The van der Waals surface area contributed by atoms with E-state index in [0.717, 1.165) is 11.1 Å². The van der Waals surface area contributed by atoms with Crippen LogP contribution in [0.2, 0.25) is 54.4 Å². The maximum absolute atomic E-state index is 13.1. The normalized spacial score (nSPS) is 12.8. The Kier molecular flexibility index (Phi) is 16.9. The molecule has 2 aromatic carbocycles. The number of benzene rings is 2. The van der Waals surface area contributed by atoms with E-state index in [-0.39, 0.29) is 29.1 Å². The van der Waals surface area contributed by atoms with E-state index < -0.39 is 29.8 Å². The highest BCUT2D eigenvalue weighted by atomic mass is 35.6. The number of aryl methyl sites for hydroxylation is 1. The van der Waals surface area contributed by atoms with Crippen molar-refractivity contribution in [2.45, 2.75) is 144 Å². The molecule has 0 aliphatic rings. The van der Waals surface area contributed by atoms with Crippen molar-refractivity contribution in [1.82, 2.24) is 0 Å². The van der Waals surface area contributed by atoms with E-state index in [2.05, 4.69) is 102 Å². The summed E-state index contributed by atoms with van der Waals surface area (Å²) in [6.07, 6.45) is 0.